The summed E-state index contributed by atoms with van der Waals surface area (Å²) in [6.07, 6.45) is 2.17. The number of aliphatic hydroxyl groups excluding tert-OH is 1. The molecule has 0 bridgehead atoms. The Morgan fingerprint density at radius 2 is 2.15 bits per heavy atom. The molecule has 4 N–H and O–H groups in total. The minimum absolute atomic E-state index is 0.0807. The smallest absolute Gasteiger partial charge is 0.251 e. The van der Waals surface area contributed by atoms with Crippen LogP contribution < -0.4 is 15.8 Å². The first-order valence-corrected chi connectivity index (χ1v) is 9.42. The topological polar surface area (TPSA) is 97.0 Å². The van der Waals surface area contributed by atoms with Gasteiger partial charge in [-0.2, -0.15) is 0 Å². The normalized spacial score (nSPS) is 27.1. The fourth-order valence-electron chi connectivity index (χ4n) is 3.78. The number of aliphatic hydroxyl groups is 1. The molecular formula is C19H29N3O4. The van der Waals surface area contributed by atoms with Crippen molar-refractivity contribution < 1.29 is 19.4 Å². The standard InChI is InChI=1S/C19H29N3O4/c20-7-10-26-15-4-1-3-14(13-15)19(24)21-16-5-2-6-17(18(16)23)22-8-11-25-12-9-22/h1,3-4,13,16-18,23H,2,5-12,20H2,(H,21,24)/t16-,17-,18-/m1/s1. The van der Waals surface area contributed by atoms with E-state index in [-0.39, 0.29) is 18.0 Å². The Balaban J connectivity index is 1.61. The Kier molecular flexibility index (Phi) is 6.85. The highest BCUT2D eigenvalue weighted by Gasteiger charge is 2.36. The van der Waals surface area contributed by atoms with Gasteiger partial charge in [0, 0.05) is 31.2 Å². The molecule has 1 heterocycles. The quantitative estimate of drug-likeness (QED) is 0.676. The number of nitrogens with zero attached hydrogens (tertiary/aromatic N) is 1. The first-order valence-electron chi connectivity index (χ1n) is 9.42. The maximum absolute atomic E-state index is 12.6. The zero-order valence-corrected chi connectivity index (χ0v) is 15.1. The van der Waals surface area contributed by atoms with E-state index in [1.807, 2.05) is 0 Å². The van der Waals surface area contributed by atoms with Crippen LogP contribution in [-0.2, 0) is 4.74 Å². The predicted molar refractivity (Wildman–Crippen MR) is 98.3 cm³/mol. The highest BCUT2D eigenvalue weighted by Crippen LogP contribution is 2.25. The fourth-order valence-corrected chi connectivity index (χ4v) is 3.78. The average molecular weight is 363 g/mol. The van der Waals surface area contributed by atoms with Crippen molar-refractivity contribution in [3.05, 3.63) is 29.8 Å². The average Bonchev–Trinajstić information content (AvgIpc) is 2.69. The van der Waals surface area contributed by atoms with E-state index < -0.39 is 6.10 Å². The van der Waals surface area contributed by atoms with Gasteiger partial charge in [0.15, 0.2) is 0 Å². The summed E-state index contributed by atoms with van der Waals surface area (Å²) in [6.45, 7) is 3.92. The molecule has 2 fully saturated rings. The number of ether oxygens (including phenoxy) is 2. The van der Waals surface area contributed by atoms with E-state index in [2.05, 4.69) is 10.2 Å². The molecule has 1 aliphatic heterocycles. The van der Waals surface area contributed by atoms with Crippen molar-refractivity contribution in [2.45, 2.75) is 37.5 Å². The molecule has 0 spiro atoms. The molecular weight excluding hydrogens is 334 g/mol. The minimum atomic E-state index is -0.567. The van der Waals surface area contributed by atoms with Gasteiger partial charge in [-0.05, 0) is 37.5 Å². The number of benzene rings is 1. The van der Waals surface area contributed by atoms with Gasteiger partial charge in [0.05, 0.1) is 25.4 Å². The lowest BCUT2D eigenvalue weighted by molar-refractivity contribution is -0.0459. The fraction of sp³-hybridized carbons (Fsp3) is 0.632. The molecule has 3 rings (SSSR count). The monoisotopic (exact) mass is 363 g/mol. The summed E-state index contributed by atoms with van der Waals surface area (Å²) in [7, 11) is 0. The van der Waals surface area contributed by atoms with Crippen LogP contribution in [0.4, 0.5) is 0 Å². The van der Waals surface area contributed by atoms with Gasteiger partial charge in [0.2, 0.25) is 0 Å². The van der Waals surface area contributed by atoms with Gasteiger partial charge < -0.3 is 25.6 Å². The molecule has 144 valence electrons. The first kappa shape index (κ1) is 19.1. The third-order valence-electron chi connectivity index (χ3n) is 5.14. The number of nitrogens with one attached hydrogen (secondary N) is 1. The molecule has 2 aliphatic rings. The summed E-state index contributed by atoms with van der Waals surface area (Å²) < 4.78 is 10.9. The van der Waals surface area contributed by atoms with E-state index in [0.29, 0.717) is 37.7 Å². The number of carbonyl (C=O) groups is 1. The van der Waals surface area contributed by atoms with Crippen molar-refractivity contribution in [2.24, 2.45) is 5.73 Å². The van der Waals surface area contributed by atoms with E-state index in [0.717, 1.165) is 32.4 Å². The second-order valence-electron chi connectivity index (χ2n) is 6.88. The number of rotatable bonds is 6. The predicted octanol–water partition coefficient (Wildman–Crippen LogP) is 0.368. The zero-order chi connectivity index (χ0) is 18.4. The van der Waals surface area contributed by atoms with Crippen LogP contribution in [0.2, 0.25) is 0 Å². The third kappa shape index (κ3) is 4.73. The van der Waals surface area contributed by atoms with Crippen LogP contribution in [0.15, 0.2) is 24.3 Å². The number of hydrogen-bond acceptors (Lipinski definition) is 6. The molecule has 7 heteroatoms. The summed E-state index contributed by atoms with van der Waals surface area (Å²) in [6, 6.07) is 6.89. The van der Waals surface area contributed by atoms with Crippen LogP contribution in [0.3, 0.4) is 0 Å². The Morgan fingerprint density at radius 1 is 1.35 bits per heavy atom. The molecule has 1 aliphatic carbocycles. The summed E-state index contributed by atoms with van der Waals surface area (Å²) in [5, 5.41) is 13.8. The van der Waals surface area contributed by atoms with Crippen LogP contribution in [-0.4, -0.2) is 73.6 Å². The number of morpholine rings is 1. The lowest BCUT2D eigenvalue weighted by Crippen LogP contribution is -2.58. The minimum Gasteiger partial charge on any atom is -0.492 e. The molecule has 7 nitrogen and oxygen atoms in total. The molecule has 0 unspecified atom stereocenters. The van der Waals surface area contributed by atoms with Crippen molar-refractivity contribution >= 4 is 5.91 Å². The maximum atomic E-state index is 12.6. The third-order valence-corrected chi connectivity index (χ3v) is 5.14. The SMILES string of the molecule is NCCOc1cccc(C(=O)N[C@@H]2CCC[C@@H](N3CCOCC3)[C@@H]2O)c1. The van der Waals surface area contributed by atoms with Crippen LogP contribution in [0.25, 0.3) is 0 Å². The number of hydrogen-bond donors (Lipinski definition) is 3. The van der Waals surface area contributed by atoms with Gasteiger partial charge in [-0.25, -0.2) is 0 Å². The molecule has 1 saturated heterocycles. The largest absolute Gasteiger partial charge is 0.492 e. The molecule has 3 atom stereocenters. The van der Waals surface area contributed by atoms with E-state index in [9.17, 15) is 9.90 Å². The van der Waals surface area contributed by atoms with Gasteiger partial charge in [-0.3, -0.25) is 9.69 Å². The van der Waals surface area contributed by atoms with Gasteiger partial charge >= 0.3 is 0 Å². The molecule has 1 aromatic rings. The van der Waals surface area contributed by atoms with E-state index in [1.54, 1.807) is 24.3 Å². The van der Waals surface area contributed by atoms with Gasteiger partial charge in [0.1, 0.15) is 12.4 Å². The molecule has 1 aromatic carbocycles. The van der Waals surface area contributed by atoms with Gasteiger partial charge in [-0.15, -0.1) is 0 Å². The lowest BCUT2D eigenvalue weighted by atomic mass is 9.86. The second-order valence-corrected chi connectivity index (χ2v) is 6.88. The summed E-state index contributed by atoms with van der Waals surface area (Å²) in [5.74, 6) is 0.438. The first-order chi connectivity index (χ1) is 12.7. The van der Waals surface area contributed by atoms with Gasteiger partial charge in [0.25, 0.3) is 5.91 Å². The molecule has 26 heavy (non-hydrogen) atoms. The number of nitrogens with two attached hydrogens (primary N) is 1. The van der Waals surface area contributed by atoms with Crippen molar-refractivity contribution in [3.8, 4) is 5.75 Å². The lowest BCUT2D eigenvalue weighted by Gasteiger charge is -2.43. The van der Waals surface area contributed by atoms with E-state index in [1.165, 1.54) is 0 Å². The number of carbonyl (C=O) groups excluding carboxylic acids is 1. The van der Waals surface area contributed by atoms with Crippen molar-refractivity contribution in [1.29, 1.82) is 0 Å². The Hall–Kier alpha value is -1.67. The summed E-state index contributed by atoms with van der Waals surface area (Å²) >= 11 is 0. The zero-order valence-electron chi connectivity index (χ0n) is 15.1. The summed E-state index contributed by atoms with van der Waals surface area (Å²) in [5.41, 5.74) is 5.97. The van der Waals surface area contributed by atoms with E-state index in [4.69, 9.17) is 15.2 Å². The molecule has 1 saturated carbocycles. The highest BCUT2D eigenvalue weighted by atomic mass is 16.5. The van der Waals surface area contributed by atoms with Gasteiger partial charge in [-0.1, -0.05) is 6.07 Å². The van der Waals surface area contributed by atoms with Crippen molar-refractivity contribution in [2.75, 3.05) is 39.5 Å². The van der Waals surface area contributed by atoms with Crippen molar-refractivity contribution in [3.63, 3.8) is 0 Å². The van der Waals surface area contributed by atoms with Crippen LogP contribution >= 0.6 is 0 Å². The van der Waals surface area contributed by atoms with Crippen LogP contribution in [0.1, 0.15) is 29.6 Å². The second kappa shape index (κ2) is 9.32. The Labute approximate surface area is 154 Å². The molecule has 0 radical (unpaired) electrons. The Morgan fingerprint density at radius 3 is 2.92 bits per heavy atom. The van der Waals surface area contributed by atoms with E-state index >= 15 is 0 Å². The summed E-state index contributed by atoms with van der Waals surface area (Å²) in [4.78, 5) is 14.9. The van der Waals surface area contributed by atoms with Crippen molar-refractivity contribution in [1.82, 2.24) is 10.2 Å². The molecule has 1 amide bonds. The van der Waals surface area contributed by atoms with Crippen LogP contribution in [0.5, 0.6) is 5.75 Å². The van der Waals surface area contributed by atoms with Crippen LogP contribution in [0, 0.1) is 0 Å². The number of amides is 1. The maximum Gasteiger partial charge on any atom is 0.251 e. The molecule has 0 aromatic heterocycles. The highest BCUT2D eigenvalue weighted by molar-refractivity contribution is 5.94. The Bertz CT molecular complexity index is 592.